The third-order valence-corrected chi connectivity index (χ3v) is 5.21. The summed E-state index contributed by atoms with van der Waals surface area (Å²) in [6.45, 7) is 2.15. The van der Waals surface area contributed by atoms with E-state index in [1.165, 1.54) is 19.2 Å². The molecule has 1 aromatic rings. The number of nitro groups is 1. The monoisotopic (exact) mass is 313 g/mol. The standard InChI is InChI=1S/C13H19N3O4S/c1-9-3-4-10(7-9)15-12-6-5-11(21(19,20)14-2)8-13(12)16(17)18/h5-6,8-10,14-15H,3-4,7H2,1-2H3. The lowest BCUT2D eigenvalue weighted by molar-refractivity contribution is -0.384. The highest BCUT2D eigenvalue weighted by molar-refractivity contribution is 7.89. The van der Waals surface area contributed by atoms with E-state index in [1.54, 1.807) is 0 Å². The first-order valence-electron chi connectivity index (χ1n) is 6.82. The van der Waals surface area contributed by atoms with Crippen LogP contribution in [-0.2, 0) is 10.0 Å². The molecule has 2 rings (SSSR count). The highest BCUT2D eigenvalue weighted by atomic mass is 32.2. The lowest BCUT2D eigenvalue weighted by atomic mass is 10.1. The maximum absolute atomic E-state index is 11.7. The molecule has 1 saturated carbocycles. The number of nitrogens with one attached hydrogen (secondary N) is 2. The van der Waals surface area contributed by atoms with Gasteiger partial charge in [0.15, 0.2) is 0 Å². The van der Waals surface area contributed by atoms with E-state index in [9.17, 15) is 18.5 Å². The minimum Gasteiger partial charge on any atom is -0.377 e. The van der Waals surface area contributed by atoms with E-state index < -0.39 is 14.9 Å². The Morgan fingerprint density at radius 1 is 1.33 bits per heavy atom. The van der Waals surface area contributed by atoms with Crippen LogP contribution in [0.15, 0.2) is 23.1 Å². The molecule has 0 bridgehead atoms. The van der Waals surface area contributed by atoms with Crippen molar-refractivity contribution in [3.63, 3.8) is 0 Å². The number of rotatable bonds is 5. The number of nitrogens with zero attached hydrogens (tertiary/aromatic N) is 1. The van der Waals surface area contributed by atoms with Gasteiger partial charge in [-0.3, -0.25) is 10.1 Å². The third-order valence-electron chi connectivity index (χ3n) is 3.80. The molecule has 0 amide bonds. The number of anilines is 1. The SMILES string of the molecule is CNS(=O)(=O)c1ccc(NC2CCC(C)C2)c([N+](=O)[O-])c1. The number of nitro benzene ring substituents is 1. The quantitative estimate of drug-likeness (QED) is 0.640. The summed E-state index contributed by atoms with van der Waals surface area (Å²) in [5, 5.41) is 14.3. The van der Waals surface area contributed by atoms with E-state index in [1.807, 2.05) is 0 Å². The zero-order valence-electron chi connectivity index (χ0n) is 12.0. The second-order valence-electron chi connectivity index (χ2n) is 5.40. The van der Waals surface area contributed by atoms with Crippen molar-refractivity contribution in [1.82, 2.24) is 4.72 Å². The van der Waals surface area contributed by atoms with E-state index >= 15 is 0 Å². The molecular weight excluding hydrogens is 294 g/mol. The van der Waals surface area contributed by atoms with Crippen LogP contribution in [0.25, 0.3) is 0 Å². The summed E-state index contributed by atoms with van der Waals surface area (Å²) in [7, 11) is -2.42. The Kier molecular flexibility index (Phi) is 4.48. The van der Waals surface area contributed by atoms with Gasteiger partial charge in [-0.05, 0) is 44.4 Å². The first-order valence-corrected chi connectivity index (χ1v) is 8.30. The van der Waals surface area contributed by atoms with Crippen LogP contribution < -0.4 is 10.0 Å². The van der Waals surface area contributed by atoms with Gasteiger partial charge < -0.3 is 5.32 Å². The van der Waals surface area contributed by atoms with Gasteiger partial charge in [-0.1, -0.05) is 6.92 Å². The molecule has 21 heavy (non-hydrogen) atoms. The molecule has 8 heteroatoms. The fourth-order valence-electron chi connectivity index (χ4n) is 2.63. The molecule has 116 valence electrons. The molecule has 1 fully saturated rings. The molecule has 2 unspecified atom stereocenters. The van der Waals surface area contributed by atoms with Gasteiger partial charge in [0, 0.05) is 12.1 Å². The second-order valence-corrected chi connectivity index (χ2v) is 7.29. The van der Waals surface area contributed by atoms with Crippen LogP contribution in [0.3, 0.4) is 0 Å². The van der Waals surface area contributed by atoms with Crippen LogP contribution in [0.1, 0.15) is 26.2 Å². The number of hydrogen-bond acceptors (Lipinski definition) is 5. The van der Waals surface area contributed by atoms with Crippen molar-refractivity contribution in [3.8, 4) is 0 Å². The third kappa shape index (κ3) is 3.51. The maximum atomic E-state index is 11.7. The molecule has 2 atom stereocenters. The second kappa shape index (κ2) is 5.98. The van der Waals surface area contributed by atoms with E-state index in [0.717, 1.165) is 25.3 Å². The zero-order valence-corrected chi connectivity index (χ0v) is 12.8. The molecule has 0 heterocycles. The average Bonchev–Trinajstić information content (AvgIpc) is 2.84. The van der Waals surface area contributed by atoms with Gasteiger partial charge in [0.05, 0.1) is 9.82 Å². The molecule has 1 aromatic carbocycles. The van der Waals surface area contributed by atoms with Gasteiger partial charge in [0.2, 0.25) is 10.0 Å². The highest BCUT2D eigenvalue weighted by Gasteiger charge is 2.25. The largest absolute Gasteiger partial charge is 0.377 e. The maximum Gasteiger partial charge on any atom is 0.293 e. The summed E-state index contributed by atoms with van der Waals surface area (Å²) >= 11 is 0. The van der Waals surface area contributed by atoms with E-state index in [-0.39, 0.29) is 16.6 Å². The van der Waals surface area contributed by atoms with Gasteiger partial charge in [-0.15, -0.1) is 0 Å². The lowest BCUT2D eigenvalue weighted by Gasteiger charge is -2.14. The molecular formula is C13H19N3O4S. The Labute approximate surface area is 123 Å². The highest BCUT2D eigenvalue weighted by Crippen LogP contribution is 2.32. The van der Waals surface area contributed by atoms with Crippen molar-refractivity contribution in [2.75, 3.05) is 12.4 Å². The minimum atomic E-state index is -3.69. The number of benzene rings is 1. The molecule has 0 aliphatic heterocycles. The Balaban J connectivity index is 2.32. The molecule has 0 saturated heterocycles. The lowest BCUT2D eigenvalue weighted by Crippen LogP contribution is -2.20. The predicted molar refractivity (Wildman–Crippen MR) is 79.8 cm³/mol. The molecule has 0 radical (unpaired) electrons. The molecule has 0 spiro atoms. The van der Waals surface area contributed by atoms with Gasteiger partial charge >= 0.3 is 0 Å². The fraction of sp³-hybridized carbons (Fsp3) is 0.538. The van der Waals surface area contributed by atoms with E-state index in [4.69, 9.17) is 0 Å². The molecule has 1 aliphatic rings. The summed E-state index contributed by atoms with van der Waals surface area (Å²) in [5.41, 5.74) is 0.153. The molecule has 7 nitrogen and oxygen atoms in total. The smallest absolute Gasteiger partial charge is 0.293 e. The molecule has 1 aliphatic carbocycles. The van der Waals surface area contributed by atoms with Gasteiger partial charge in [0.1, 0.15) is 5.69 Å². The van der Waals surface area contributed by atoms with Gasteiger partial charge in [0.25, 0.3) is 5.69 Å². The summed E-state index contributed by atoms with van der Waals surface area (Å²) < 4.78 is 25.6. The van der Waals surface area contributed by atoms with Crippen LogP contribution >= 0.6 is 0 Å². The molecule has 0 aromatic heterocycles. The van der Waals surface area contributed by atoms with Crippen molar-refractivity contribution >= 4 is 21.4 Å². The first kappa shape index (κ1) is 15.7. The van der Waals surface area contributed by atoms with Crippen LogP contribution in [0.4, 0.5) is 11.4 Å². The van der Waals surface area contributed by atoms with Crippen LogP contribution in [-0.4, -0.2) is 26.4 Å². The number of hydrogen-bond donors (Lipinski definition) is 2. The Bertz CT molecular complexity index is 645. The van der Waals surface area contributed by atoms with Crippen molar-refractivity contribution in [3.05, 3.63) is 28.3 Å². The molecule has 2 N–H and O–H groups in total. The zero-order chi connectivity index (χ0) is 15.6. The average molecular weight is 313 g/mol. The van der Waals surface area contributed by atoms with E-state index in [0.29, 0.717) is 11.6 Å². The Morgan fingerprint density at radius 3 is 2.57 bits per heavy atom. The Morgan fingerprint density at radius 2 is 2.05 bits per heavy atom. The van der Waals surface area contributed by atoms with Crippen molar-refractivity contribution in [2.45, 2.75) is 37.1 Å². The summed E-state index contributed by atoms with van der Waals surface area (Å²) in [4.78, 5) is 10.5. The van der Waals surface area contributed by atoms with Gasteiger partial charge in [-0.25, -0.2) is 13.1 Å². The summed E-state index contributed by atoms with van der Waals surface area (Å²) in [6.07, 6.45) is 3.03. The minimum absolute atomic E-state index is 0.109. The van der Waals surface area contributed by atoms with Crippen molar-refractivity contribution in [2.24, 2.45) is 5.92 Å². The number of sulfonamides is 1. The first-order chi connectivity index (χ1) is 9.83. The normalized spacial score (nSPS) is 22.2. The predicted octanol–water partition coefficient (Wildman–Crippen LogP) is 2.10. The van der Waals surface area contributed by atoms with Crippen LogP contribution in [0, 0.1) is 16.0 Å². The topological polar surface area (TPSA) is 101 Å². The fourth-order valence-corrected chi connectivity index (χ4v) is 3.38. The van der Waals surface area contributed by atoms with Gasteiger partial charge in [-0.2, -0.15) is 0 Å². The van der Waals surface area contributed by atoms with Crippen molar-refractivity contribution in [1.29, 1.82) is 0 Å². The van der Waals surface area contributed by atoms with Crippen molar-refractivity contribution < 1.29 is 13.3 Å². The van der Waals surface area contributed by atoms with Crippen LogP contribution in [0.5, 0.6) is 0 Å². The van der Waals surface area contributed by atoms with E-state index in [2.05, 4.69) is 17.0 Å². The summed E-state index contributed by atoms with van der Waals surface area (Å²) in [5.74, 6) is 0.602. The van der Waals surface area contributed by atoms with Crippen LogP contribution in [0.2, 0.25) is 0 Å². The summed E-state index contributed by atoms with van der Waals surface area (Å²) in [6, 6.07) is 4.13. The Hall–Kier alpha value is -1.67.